The maximum Gasteiger partial charge on any atom is 0.224 e. The minimum atomic E-state index is -0.237. The van der Waals surface area contributed by atoms with E-state index in [9.17, 15) is 9.59 Å². The molecule has 0 saturated heterocycles. The molecule has 2 aliphatic carbocycles. The Morgan fingerprint density at radius 2 is 1.87 bits per heavy atom. The smallest absolute Gasteiger partial charge is 0.224 e. The number of aryl methyl sites for hydroxylation is 2. The topological polar surface area (TPSA) is 72.2 Å². The van der Waals surface area contributed by atoms with Crippen LogP contribution >= 0.6 is 0 Å². The summed E-state index contributed by atoms with van der Waals surface area (Å²) in [7, 11) is 0. The van der Waals surface area contributed by atoms with Gasteiger partial charge in [0.05, 0.1) is 6.42 Å². The molecule has 2 unspecified atom stereocenters. The van der Waals surface area contributed by atoms with E-state index in [-0.39, 0.29) is 23.8 Å². The van der Waals surface area contributed by atoms with E-state index >= 15 is 0 Å². The van der Waals surface area contributed by atoms with Gasteiger partial charge in [-0.25, -0.2) is 0 Å². The molecule has 4 nitrogen and oxygen atoms in total. The van der Waals surface area contributed by atoms with Crippen molar-refractivity contribution in [1.82, 2.24) is 5.32 Å². The number of hydrogen-bond acceptors (Lipinski definition) is 2. The number of nitrogens with one attached hydrogen (secondary N) is 1. The molecule has 23 heavy (non-hydrogen) atoms. The fourth-order valence-electron chi connectivity index (χ4n) is 3.94. The van der Waals surface area contributed by atoms with Gasteiger partial charge in [-0.15, -0.1) is 0 Å². The van der Waals surface area contributed by atoms with Gasteiger partial charge in [0.25, 0.3) is 0 Å². The zero-order valence-corrected chi connectivity index (χ0v) is 13.6. The van der Waals surface area contributed by atoms with Crippen LogP contribution in [0.1, 0.15) is 55.2 Å². The Morgan fingerprint density at radius 3 is 2.65 bits per heavy atom. The van der Waals surface area contributed by atoms with Crippen molar-refractivity contribution >= 4 is 11.8 Å². The van der Waals surface area contributed by atoms with Gasteiger partial charge in [-0.1, -0.05) is 24.6 Å². The third kappa shape index (κ3) is 4.12. The highest BCUT2D eigenvalue weighted by atomic mass is 16.2. The third-order valence-electron chi connectivity index (χ3n) is 5.22. The number of nitrogens with two attached hydrogens (primary N) is 1. The molecular formula is C19H26N2O2. The Balaban J connectivity index is 1.56. The van der Waals surface area contributed by atoms with Crippen LogP contribution in [-0.4, -0.2) is 17.9 Å². The predicted octanol–water partition coefficient (Wildman–Crippen LogP) is 2.27. The van der Waals surface area contributed by atoms with Crippen LogP contribution in [0.15, 0.2) is 18.2 Å². The van der Waals surface area contributed by atoms with Crippen LogP contribution in [0.4, 0.5) is 0 Å². The van der Waals surface area contributed by atoms with Crippen LogP contribution < -0.4 is 11.1 Å². The number of fused-ring (bicyclic) bond motifs is 1. The SMILES string of the molecule is NC(=O)C1CCCC(NC(=O)Cc2ccc3c(c2)CCCC3)C1. The molecule has 4 heteroatoms. The number of carbonyl (C=O) groups excluding carboxylic acids is 2. The molecule has 3 N–H and O–H groups in total. The molecule has 0 spiro atoms. The lowest BCUT2D eigenvalue weighted by Gasteiger charge is -2.28. The fraction of sp³-hybridized carbons (Fsp3) is 0.579. The lowest BCUT2D eigenvalue weighted by Crippen LogP contribution is -2.41. The molecule has 0 bridgehead atoms. The Labute approximate surface area is 137 Å². The molecule has 1 aromatic carbocycles. The second-order valence-corrected chi connectivity index (χ2v) is 7.02. The summed E-state index contributed by atoms with van der Waals surface area (Å²) >= 11 is 0. The van der Waals surface area contributed by atoms with Gasteiger partial charge in [-0.2, -0.15) is 0 Å². The summed E-state index contributed by atoms with van der Waals surface area (Å²) in [6.45, 7) is 0. The zero-order valence-electron chi connectivity index (χ0n) is 13.6. The minimum absolute atomic E-state index is 0.0517. The standard InChI is InChI=1S/C19H26N2O2/c20-19(23)16-6-3-7-17(12-16)21-18(22)11-13-8-9-14-4-1-2-5-15(14)10-13/h8-10,16-17H,1-7,11-12H2,(H2,20,23)(H,21,22). The Hall–Kier alpha value is -1.84. The number of benzene rings is 1. The van der Waals surface area contributed by atoms with E-state index in [0.29, 0.717) is 12.8 Å². The van der Waals surface area contributed by atoms with Gasteiger partial charge in [0.1, 0.15) is 0 Å². The third-order valence-corrected chi connectivity index (χ3v) is 5.22. The highest BCUT2D eigenvalue weighted by molar-refractivity contribution is 5.79. The summed E-state index contributed by atoms with van der Waals surface area (Å²) in [6.07, 6.45) is 8.68. The summed E-state index contributed by atoms with van der Waals surface area (Å²) in [6, 6.07) is 6.55. The first-order valence-corrected chi connectivity index (χ1v) is 8.81. The van der Waals surface area contributed by atoms with Crippen molar-refractivity contribution in [3.05, 3.63) is 34.9 Å². The Morgan fingerprint density at radius 1 is 1.09 bits per heavy atom. The summed E-state index contributed by atoms with van der Waals surface area (Å²) in [5.41, 5.74) is 9.34. The van der Waals surface area contributed by atoms with Crippen molar-refractivity contribution in [2.75, 3.05) is 0 Å². The van der Waals surface area contributed by atoms with Crippen LogP contribution in [0.5, 0.6) is 0 Å². The van der Waals surface area contributed by atoms with E-state index in [1.807, 2.05) is 0 Å². The molecule has 0 aromatic heterocycles. The summed E-state index contributed by atoms with van der Waals surface area (Å²) in [5.74, 6) is -0.271. The summed E-state index contributed by atoms with van der Waals surface area (Å²) < 4.78 is 0. The second kappa shape index (κ2) is 7.16. The molecule has 1 fully saturated rings. The van der Waals surface area contributed by atoms with Crippen molar-refractivity contribution in [3.63, 3.8) is 0 Å². The van der Waals surface area contributed by atoms with Gasteiger partial charge in [0.2, 0.25) is 11.8 Å². The van der Waals surface area contributed by atoms with Gasteiger partial charge in [-0.3, -0.25) is 9.59 Å². The molecule has 124 valence electrons. The molecule has 2 atom stereocenters. The molecule has 2 amide bonds. The molecule has 0 radical (unpaired) electrons. The van der Waals surface area contributed by atoms with E-state index in [2.05, 4.69) is 23.5 Å². The highest BCUT2D eigenvalue weighted by Gasteiger charge is 2.26. The Kier molecular flexibility index (Phi) is 4.99. The van der Waals surface area contributed by atoms with Crippen LogP contribution in [-0.2, 0) is 28.9 Å². The van der Waals surface area contributed by atoms with Crippen molar-refractivity contribution < 1.29 is 9.59 Å². The number of amides is 2. The summed E-state index contributed by atoms with van der Waals surface area (Å²) in [4.78, 5) is 23.6. The minimum Gasteiger partial charge on any atom is -0.369 e. The van der Waals surface area contributed by atoms with Gasteiger partial charge in [0.15, 0.2) is 0 Å². The van der Waals surface area contributed by atoms with E-state index in [1.54, 1.807) is 0 Å². The van der Waals surface area contributed by atoms with Crippen molar-refractivity contribution in [2.45, 2.75) is 63.8 Å². The van der Waals surface area contributed by atoms with E-state index < -0.39 is 0 Å². The molecule has 2 aliphatic rings. The van der Waals surface area contributed by atoms with Crippen LogP contribution in [0.3, 0.4) is 0 Å². The van der Waals surface area contributed by atoms with Gasteiger partial charge >= 0.3 is 0 Å². The normalized spacial score (nSPS) is 23.8. The van der Waals surface area contributed by atoms with Gasteiger partial charge in [0, 0.05) is 12.0 Å². The van der Waals surface area contributed by atoms with Gasteiger partial charge < -0.3 is 11.1 Å². The molecule has 3 rings (SSSR count). The van der Waals surface area contributed by atoms with Crippen molar-refractivity contribution in [3.8, 4) is 0 Å². The summed E-state index contributed by atoms with van der Waals surface area (Å²) in [5, 5.41) is 3.09. The lowest BCUT2D eigenvalue weighted by atomic mass is 9.85. The average molecular weight is 314 g/mol. The first kappa shape index (κ1) is 16.0. The zero-order chi connectivity index (χ0) is 16.2. The first-order chi connectivity index (χ1) is 11.1. The number of primary amides is 1. The van der Waals surface area contributed by atoms with Crippen LogP contribution in [0.2, 0.25) is 0 Å². The molecular weight excluding hydrogens is 288 g/mol. The monoisotopic (exact) mass is 314 g/mol. The Bertz CT molecular complexity index is 597. The van der Waals surface area contributed by atoms with E-state index in [4.69, 9.17) is 5.73 Å². The molecule has 1 saturated carbocycles. The predicted molar refractivity (Wildman–Crippen MR) is 89.9 cm³/mol. The van der Waals surface area contributed by atoms with Crippen molar-refractivity contribution in [1.29, 1.82) is 0 Å². The number of carbonyl (C=O) groups is 2. The van der Waals surface area contributed by atoms with Crippen molar-refractivity contribution in [2.24, 2.45) is 11.7 Å². The largest absolute Gasteiger partial charge is 0.369 e. The van der Waals surface area contributed by atoms with Gasteiger partial charge in [-0.05, 0) is 61.6 Å². The highest BCUT2D eigenvalue weighted by Crippen LogP contribution is 2.25. The maximum atomic E-state index is 12.3. The first-order valence-electron chi connectivity index (χ1n) is 8.81. The average Bonchev–Trinajstić information content (AvgIpc) is 2.55. The molecule has 0 aliphatic heterocycles. The quantitative estimate of drug-likeness (QED) is 0.895. The van der Waals surface area contributed by atoms with E-state index in [1.165, 1.54) is 30.4 Å². The fourth-order valence-corrected chi connectivity index (χ4v) is 3.94. The van der Waals surface area contributed by atoms with Crippen LogP contribution in [0.25, 0.3) is 0 Å². The van der Waals surface area contributed by atoms with Crippen LogP contribution in [0, 0.1) is 5.92 Å². The molecule has 1 aromatic rings. The number of rotatable bonds is 4. The maximum absolute atomic E-state index is 12.3. The lowest BCUT2D eigenvalue weighted by molar-refractivity contribution is -0.125. The van der Waals surface area contributed by atoms with E-state index in [0.717, 1.165) is 31.2 Å². The molecule has 0 heterocycles. The second-order valence-electron chi connectivity index (χ2n) is 7.02. The number of hydrogen-bond donors (Lipinski definition) is 2.